The summed E-state index contributed by atoms with van der Waals surface area (Å²) in [5.41, 5.74) is 0.445. The zero-order valence-corrected chi connectivity index (χ0v) is 7.10. The number of hydrogen-bond acceptors (Lipinski definition) is 3. The number of halogens is 1. The lowest BCUT2D eigenvalue weighted by molar-refractivity contribution is 0.112. The van der Waals surface area contributed by atoms with Crippen LogP contribution < -0.4 is 4.18 Å². The van der Waals surface area contributed by atoms with Crippen LogP contribution in [-0.2, 0) is 0 Å². The van der Waals surface area contributed by atoms with Gasteiger partial charge in [-0.3, -0.25) is 4.79 Å². The molecule has 0 unspecified atom stereocenters. The highest BCUT2D eigenvalue weighted by atomic mass is 35.5. The first kappa shape index (κ1) is 8.43. The van der Waals surface area contributed by atoms with Crippen molar-refractivity contribution in [2.45, 2.75) is 0 Å². The molecule has 0 aromatic heterocycles. The quantitative estimate of drug-likeness (QED) is 0.438. The predicted octanol–water partition coefficient (Wildman–Crippen LogP) is 2.38. The molecule has 1 rings (SSSR count). The Labute approximate surface area is 74.7 Å². The summed E-state index contributed by atoms with van der Waals surface area (Å²) >= 11 is 9.24. The molecule has 1 aromatic rings. The summed E-state index contributed by atoms with van der Waals surface area (Å²) in [5, 5.41) is 0.367. The SMILES string of the molecule is O=Cc1ccc(OS)cc1Cl. The molecule has 0 radical (unpaired) electrons. The molecule has 0 heterocycles. The maximum absolute atomic E-state index is 10.3. The molecule has 0 N–H and O–H groups in total. The van der Waals surface area contributed by atoms with E-state index in [1.54, 1.807) is 12.1 Å². The average molecular weight is 189 g/mol. The van der Waals surface area contributed by atoms with E-state index < -0.39 is 0 Å². The largest absolute Gasteiger partial charge is 0.429 e. The van der Waals surface area contributed by atoms with Crippen molar-refractivity contribution in [3.05, 3.63) is 28.8 Å². The third kappa shape index (κ3) is 1.88. The summed E-state index contributed by atoms with van der Waals surface area (Å²) < 4.78 is 4.59. The van der Waals surface area contributed by atoms with E-state index in [-0.39, 0.29) is 0 Å². The van der Waals surface area contributed by atoms with Crippen LogP contribution in [0.25, 0.3) is 0 Å². The third-order valence-corrected chi connectivity index (χ3v) is 1.74. The first-order valence-electron chi connectivity index (χ1n) is 2.84. The van der Waals surface area contributed by atoms with Gasteiger partial charge < -0.3 is 4.18 Å². The van der Waals surface area contributed by atoms with Gasteiger partial charge in [0, 0.05) is 24.5 Å². The molecule has 0 saturated carbocycles. The number of carbonyl (C=O) groups is 1. The van der Waals surface area contributed by atoms with Gasteiger partial charge in [-0.05, 0) is 12.1 Å². The van der Waals surface area contributed by atoms with Gasteiger partial charge in [-0.2, -0.15) is 0 Å². The van der Waals surface area contributed by atoms with Crippen LogP contribution in [0.3, 0.4) is 0 Å². The van der Waals surface area contributed by atoms with Crippen molar-refractivity contribution in [3.63, 3.8) is 0 Å². The maximum atomic E-state index is 10.3. The standard InChI is InChI=1S/C7H5ClO2S/c8-7-3-6(10-11)2-1-5(7)4-9/h1-4,11H. The van der Waals surface area contributed by atoms with Gasteiger partial charge in [0.1, 0.15) is 5.75 Å². The van der Waals surface area contributed by atoms with Crippen LogP contribution in [0.15, 0.2) is 18.2 Å². The van der Waals surface area contributed by atoms with Crippen LogP contribution in [-0.4, -0.2) is 6.29 Å². The summed E-state index contributed by atoms with van der Waals surface area (Å²) in [6.45, 7) is 0. The molecular formula is C7H5ClO2S. The van der Waals surface area contributed by atoms with Crippen molar-refractivity contribution in [1.29, 1.82) is 0 Å². The second-order valence-corrected chi connectivity index (χ2v) is 2.48. The van der Waals surface area contributed by atoms with E-state index in [4.69, 9.17) is 11.6 Å². The summed E-state index contributed by atoms with van der Waals surface area (Å²) in [4.78, 5) is 10.3. The highest BCUT2D eigenvalue weighted by molar-refractivity contribution is 7.75. The molecule has 0 aliphatic carbocycles. The lowest BCUT2D eigenvalue weighted by Gasteiger charge is -1.98. The molecule has 1 aromatic carbocycles. The number of benzene rings is 1. The zero-order valence-electron chi connectivity index (χ0n) is 5.45. The van der Waals surface area contributed by atoms with Crippen molar-refractivity contribution >= 4 is 30.8 Å². The monoisotopic (exact) mass is 188 g/mol. The van der Waals surface area contributed by atoms with Gasteiger partial charge in [0.15, 0.2) is 6.29 Å². The summed E-state index contributed by atoms with van der Waals surface area (Å²) in [5.74, 6) is 0.518. The van der Waals surface area contributed by atoms with Crippen molar-refractivity contribution in [2.75, 3.05) is 0 Å². The topological polar surface area (TPSA) is 26.3 Å². The molecule has 0 amide bonds. The van der Waals surface area contributed by atoms with Crippen LogP contribution in [0.4, 0.5) is 0 Å². The Bertz CT molecular complexity index is 275. The van der Waals surface area contributed by atoms with Gasteiger partial charge in [-0.1, -0.05) is 11.6 Å². The lowest BCUT2D eigenvalue weighted by atomic mass is 10.2. The highest BCUT2D eigenvalue weighted by Crippen LogP contribution is 2.21. The van der Waals surface area contributed by atoms with Crippen molar-refractivity contribution in [1.82, 2.24) is 0 Å². The van der Waals surface area contributed by atoms with E-state index in [9.17, 15) is 4.79 Å². The van der Waals surface area contributed by atoms with Gasteiger partial charge in [0.05, 0.1) is 5.02 Å². The van der Waals surface area contributed by atoms with Gasteiger partial charge in [0.25, 0.3) is 0 Å². The Morgan fingerprint density at radius 1 is 1.55 bits per heavy atom. The van der Waals surface area contributed by atoms with Gasteiger partial charge in [0.2, 0.25) is 0 Å². The van der Waals surface area contributed by atoms with Crippen LogP contribution in [0, 0.1) is 0 Å². The summed E-state index contributed by atoms with van der Waals surface area (Å²) in [6, 6.07) is 4.71. The fourth-order valence-electron chi connectivity index (χ4n) is 0.660. The number of aldehydes is 1. The number of rotatable bonds is 2. The lowest BCUT2D eigenvalue weighted by Crippen LogP contribution is -1.82. The Kier molecular flexibility index (Phi) is 2.79. The predicted molar refractivity (Wildman–Crippen MR) is 46.5 cm³/mol. The van der Waals surface area contributed by atoms with E-state index in [0.29, 0.717) is 22.6 Å². The average Bonchev–Trinajstić information content (AvgIpc) is 2.04. The Hall–Kier alpha value is -0.670. The second kappa shape index (κ2) is 3.64. The molecule has 0 fully saturated rings. The molecule has 0 bridgehead atoms. The molecular weight excluding hydrogens is 184 g/mol. The second-order valence-electron chi connectivity index (χ2n) is 1.89. The van der Waals surface area contributed by atoms with Crippen molar-refractivity contribution in [3.8, 4) is 5.75 Å². The van der Waals surface area contributed by atoms with Crippen LogP contribution in [0.5, 0.6) is 5.75 Å². The Balaban J connectivity index is 3.09. The van der Waals surface area contributed by atoms with Crippen molar-refractivity contribution in [2.24, 2.45) is 0 Å². The van der Waals surface area contributed by atoms with E-state index in [2.05, 4.69) is 17.1 Å². The van der Waals surface area contributed by atoms with Gasteiger partial charge >= 0.3 is 0 Å². The van der Waals surface area contributed by atoms with E-state index in [1.165, 1.54) is 6.07 Å². The molecule has 0 aliphatic heterocycles. The Morgan fingerprint density at radius 3 is 2.73 bits per heavy atom. The zero-order chi connectivity index (χ0) is 8.27. The van der Waals surface area contributed by atoms with Gasteiger partial charge in [-0.25, -0.2) is 0 Å². The summed E-state index contributed by atoms with van der Waals surface area (Å²) in [6.07, 6.45) is 0.685. The highest BCUT2D eigenvalue weighted by Gasteiger charge is 1.99. The fourth-order valence-corrected chi connectivity index (χ4v) is 0.989. The molecule has 4 heteroatoms. The molecule has 0 atom stereocenters. The molecule has 0 aliphatic rings. The Morgan fingerprint density at radius 2 is 2.27 bits per heavy atom. The van der Waals surface area contributed by atoms with Crippen LogP contribution >= 0.6 is 24.5 Å². The number of carbonyl (C=O) groups excluding carboxylic acids is 1. The van der Waals surface area contributed by atoms with E-state index >= 15 is 0 Å². The minimum absolute atomic E-state index is 0.367. The first-order valence-corrected chi connectivity index (χ1v) is 3.58. The minimum atomic E-state index is 0.367. The first-order chi connectivity index (χ1) is 5.27. The minimum Gasteiger partial charge on any atom is -0.429 e. The number of hydrogen-bond donors (Lipinski definition) is 1. The molecule has 2 nitrogen and oxygen atoms in total. The molecule has 0 spiro atoms. The van der Waals surface area contributed by atoms with E-state index in [0.717, 1.165) is 0 Å². The normalized spacial score (nSPS) is 9.27. The smallest absolute Gasteiger partial charge is 0.151 e. The third-order valence-electron chi connectivity index (χ3n) is 1.20. The van der Waals surface area contributed by atoms with Gasteiger partial charge in [-0.15, -0.1) is 0 Å². The van der Waals surface area contributed by atoms with E-state index in [1.807, 2.05) is 0 Å². The summed E-state index contributed by atoms with van der Waals surface area (Å²) in [7, 11) is 0. The van der Waals surface area contributed by atoms with Crippen LogP contribution in [0.2, 0.25) is 5.02 Å². The molecule has 58 valence electrons. The van der Waals surface area contributed by atoms with Crippen LogP contribution in [0.1, 0.15) is 10.4 Å². The fraction of sp³-hybridized carbons (Fsp3) is 0. The molecule has 0 saturated heterocycles. The maximum Gasteiger partial charge on any atom is 0.151 e. The number of thiol groups is 1. The molecule has 11 heavy (non-hydrogen) atoms. The van der Waals surface area contributed by atoms with Crippen molar-refractivity contribution < 1.29 is 8.98 Å².